The molecule has 108 valence electrons. The van der Waals surface area contributed by atoms with Crippen LogP contribution in [0.3, 0.4) is 0 Å². The van der Waals surface area contributed by atoms with Crippen LogP contribution in [0, 0.1) is 11.3 Å². The molecule has 1 aliphatic rings. The van der Waals surface area contributed by atoms with Crippen molar-refractivity contribution in [2.24, 2.45) is 0 Å². The van der Waals surface area contributed by atoms with Gasteiger partial charge in [0.05, 0.1) is 18.2 Å². The maximum absolute atomic E-state index is 12.7. The summed E-state index contributed by atoms with van der Waals surface area (Å²) in [6.07, 6.45) is 0.00901. The van der Waals surface area contributed by atoms with Gasteiger partial charge in [-0.15, -0.1) is 0 Å². The molecule has 1 aromatic rings. The number of rotatable bonds is 4. The molecule has 1 aromatic carbocycles. The molecule has 1 saturated carbocycles. The highest BCUT2D eigenvalue weighted by atomic mass is 19.4. The Bertz CT molecular complexity index is 485. The van der Waals surface area contributed by atoms with E-state index in [1.165, 1.54) is 12.1 Å². The number of hydrogen-bond acceptors (Lipinski definition) is 2. The zero-order valence-electron chi connectivity index (χ0n) is 11.2. The summed E-state index contributed by atoms with van der Waals surface area (Å²) in [4.78, 5) is 1.99. The van der Waals surface area contributed by atoms with E-state index < -0.39 is 11.7 Å². The molecule has 0 spiro atoms. The lowest BCUT2D eigenvalue weighted by Crippen LogP contribution is -2.33. The van der Waals surface area contributed by atoms with Gasteiger partial charge in [-0.3, -0.25) is 4.90 Å². The lowest BCUT2D eigenvalue weighted by Gasteiger charge is -2.26. The van der Waals surface area contributed by atoms with E-state index in [-0.39, 0.29) is 6.54 Å². The molecule has 5 heteroatoms. The normalized spacial score (nSPS) is 16.6. The van der Waals surface area contributed by atoms with Crippen LogP contribution in [0.2, 0.25) is 0 Å². The van der Waals surface area contributed by atoms with Crippen LogP contribution >= 0.6 is 0 Å². The van der Waals surface area contributed by atoms with Gasteiger partial charge in [-0.25, -0.2) is 0 Å². The van der Waals surface area contributed by atoms with Gasteiger partial charge in [-0.2, -0.15) is 18.4 Å². The van der Waals surface area contributed by atoms with Crippen molar-refractivity contribution in [3.63, 3.8) is 0 Å². The minimum absolute atomic E-state index is 0.265. The smallest absolute Gasteiger partial charge is 0.283 e. The number of nitrogens with zero attached hydrogens (tertiary/aromatic N) is 2. The Kier molecular flexibility index (Phi) is 4.66. The highest BCUT2D eigenvalue weighted by Crippen LogP contribution is 2.30. The minimum atomic E-state index is -4.32. The van der Waals surface area contributed by atoms with E-state index in [2.05, 4.69) is 6.07 Å². The summed E-state index contributed by atoms with van der Waals surface area (Å²) in [7, 11) is 0. The fraction of sp³-hybridized carbons (Fsp3) is 0.533. The van der Waals surface area contributed by atoms with Gasteiger partial charge in [0.2, 0.25) is 0 Å². The Balaban J connectivity index is 2.12. The molecule has 1 aliphatic carbocycles. The van der Waals surface area contributed by atoms with Crippen LogP contribution in [0.15, 0.2) is 24.3 Å². The van der Waals surface area contributed by atoms with Gasteiger partial charge in [0, 0.05) is 12.6 Å². The highest BCUT2D eigenvalue weighted by Gasteiger charge is 2.30. The first-order valence-corrected chi connectivity index (χ1v) is 6.78. The van der Waals surface area contributed by atoms with Gasteiger partial charge in [-0.05, 0) is 24.5 Å². The molecule has 0 unspecified atom stereocenters. The van der Waals surface area contributed by atoms with Crippen LogP contribution in [0.25, 0.3) is 0 Å². The molecule has 0 heterocycles. The summed E-state index contributed by atoms with van der Waals surface area (Å²) in [6, 6.07) is 7.81. The molecule has 0 aromatic heterocycles. The fourth-order valence-corrected chi connectivity index (χ4v) is 2.75. The molecule has 0 radical (unpaired) electrons. The average molecular weight is 282 g/mol. The van der Waals surface area contributed by atoms with Crippen molar-refractivity contribution in [2.45, 2.75) is 44.4 Å². The Labute approximate surface area is 116 Å². The molecule has 0 atom stereocenters. The van der Waals surface area contributed by atoms with Crippen molar-refractivity contribution in [1.29, 1.82) is 5.26 Å². The van der Waals surface area contributed by atoms with Gasteiger partial charge in [-0.1, -0.05) is 31.0 Å². The van der Waals surface area contributed by atoms with Crippen LogP contribution in [0.4, 0.5) is 13.2 Å². The van der Waals surface area contributed by atoms with Crippen molar-refractivity contribution in [3.8, 4) is 6.07 Å². The molecule has 2 nitrogen and oxygen atoms in total. The summed E-state index contributed by atoms with van der Waals surface area (Å²) >= 11 is 0. The molecule has 20 heavy (non-hydrogen) atoms. The first-order chi connectivity index (χ1) is 9.50. The molecule has 0 saturated heterocycles. The average Bonchev–Trinajstić information content (AvgIpc) is 2.91. The highest BCUT2D eigenvalue weighted by molar-refractivity contribution is 5.25. The molecule has 2 rings (SSSR count). The third-order valence-electron chi connectivity index (χ3n) is 3.75. The van der Waals surface area contributed by atoms with Gasteiger partial charge < -0.3 is 0 Å². The molecule has 0 N–H and O–H groups in total. The number of nitriles is 1. The van der Waals surface area contributed by atoms with E-state index in [1.807, 2.05) is 4.90 Å². The Hall–Kier alpha value is -1.54. The van der Waals surface area contributed by atoms with Gasteiger partial charge in [0.25, 0.3) is 0 Å². The van der Waals surface area contributed by atoms with Crippen molar-refractivity contribution in [1.82, 2.24) is 4.90 Å². The predicted molar refractivity (Wildman–Crippen MR) is 69.7 cm³/mol. The van der Waals surface area contributed by atoms with Crippen molar-refractivity contribution >= 4 is 0 Å². The van der Waals surface area contributed by atoms with E-state index in [4.69, 9.17) is 5.26 Å². The topological polar surface area (TPSA) is 27.0 Å². The van der Waals surface area contributed by atoms with E-state index in [1.54, 1.807) is 6.07 Å². The fourth-order valence-electron chi connectivity index (χ4n) is 2.75. The Morgan fingerprint density at radius 1 is 1.25 bits per heavy atom. The Morgan fingerprint density at radius 2 is 1.95 bits per heavy atom. The zero-order valence-corrected chi connectivity index (χ0v) is 11.2. The van der Waals surface area contributed by atoms with Gasteiger partial charge in [0.15, 0.2) is 0 Å². The molecule has 0 amide bonds. The third kappa shape index (κ3) is 3.73. The second kappa shape index (κ2) is 6.27. The summed E-state index contributed by atoms with van der Waals surface area (Å²) in [5.41, 5.74) is -0.0136. The number of alkyl halides is 3. The van der Waals surface area contributed by atoms with Gasteiger partial charge >= 0.3 is 6.18 Å². The Morgan fingerprint density at radius 3 is 2.55 bits per heavy atom. The van der Waals surface area contributed by atoms with E-state index in [0.29, 0.717) is 18.2 Å². The first kappa shape index (κ1) is 14.9. The van der Waals surface area contributed by atoms with Crippen molar-refractivity contribution < 1.29 is 13.2 Å². The number of benzene rings is 1. The van der Waals surface area contributed by atoms with Crippen molar-refractivity contribution in [3.05, 3.63) is 35.4 Å². The maximum atomic E-state index is 12.7. The molecule has 0 aliphatic heterocycles. The summed E-state index contributed by atoms with van der Waals surface area (Å²) in [5.74, 6) is 0. The van der Waals surface area contributed by atoms with E-state index >= 15 is 0 Å². The van der Waals surface area contributed by atoms with Crippen LogP contribution in [0.5, 0.6) is 0 Å². The number of halogens is 3. The standard InChI is InChI=1S/C15H17F3N2/c16-15(17,18)13-5-3-4-12(10-13)11-20(9-8-19)14-6-1-2-7-14/h3-5,10,14H,1-2,6-7,9,11H2. The summed E-state index contributed by atoms with van der Waals surface area (Å²) in [5, 5.41) is 8.89. The monoisotopic (exact) mass is 282 g/mol. The van der Waals surface area contributed by atoms with Gasteiger partial charge in [0.1, 0.15) is 0 Å². The summed E-state index contributed by atoms with van der Waals surface area (Å²) in [6.45, 7) is 0.670. The largest absolute Gasteiger partial charge is 0.416 e. The van der Waals surface area contributed by atoms with E-state index in [9.17, 15) is 13.2 Å². The van der Waals surface area contributed by atoms with Crippen LogP contribution in [0.1, 0.15) is 36.8 Å². The van der Waals surface area contributed by atoms with Crippen molar-refractivity contribution in [2.75, 3.05) is 6.54 Å². The predicted octanol–water partition coefficient (Wildman–Crippen LogP) is 3.97. The second-order valence-corrected chi connectivity index (χ2v) is 5.20. The first-order valence-electron chi connectivity index (χ1n) is 6.78. The number of hydrogen-bond donors (Lipinski definition) is 0. The van der Waals surface area contributed by atoms with Crippen LogP contribution in [-0.2, 0) is 12.7 Å². The zero-order chi connectivity index (χ0) is 14.6. The molecule has 1 fully saturated rings. The molecular formula is C15H17F3N2. The lowest BCUT2D eigenvalue weighted by molar-refractivity contribution is -0.137. The van der Waals surface area contributed by atoms with Crippen LogP contribution < -0.4 is 0 Å². The SMILES string of the molecule is N#CCN(Cc1cccc(C(F)(F)F)c1)C1CCCC1. The lowest BCUT2D eigenvalue weighted by atomic mass is 10.1. The second-order valence-electron chi connectivity index (χ2n) is 5.20. The molecule has 0 bridgehead atoms. The summed E-state index contributed by atoms with van der Waals surface area (Å²) < 4.78 is 38.1. The van der Waals surface area contributed by atoms with E-state index in [0.717, 1.165) is 31.7 Å². The van der Waals surface area contributed by atoms with Crippen LogP contribution in [-0.4, -0.2) is 17.5 Å². The molecular weight excluding hydrogens is 265 g/mol. The third-order valence-corrected chi connectivity index (χ3v) is 3.75. The minimum Gasteiger partial charge on any atom is -0.283 e. The maximum Gasteiger partial charge on any atom is 0.416 e. The quantitative estimate of drug-likeness (QED) is 0.781.